The molecule has 0 spiro atoms. The minimum atomic E-state index is -4.02. The molecule has 3 aromatic rings. The molecule has 0 bridgehead atoms. The number of benzene rings is 2. The van der Waals surface area contributed by atoms with Crippen LogP contribution in [0.3, 0.4) is 0 Å². The predicted octanol–water partition coefficient (Wildman–Crippen LogP) is 2.50. The van der Waals surface area contributed by atoms with Crippen LogP contribution < -0.4 is 15.9 Å². The van der Waals surface area contributed by atoms with E-state index in [-0.39, 0.29) is 34.3 Å². The molecule has 146 valence electrons. The normalized spacial score (nSPS) is 11.2. The van der Waals surface area contributed by atoms with Gasteiger partial charge in [-0.3, -0.25) is 5.21 Å². The Morgan fingerprint density at radius 3 is 2.50 bits per heavy atom. The van der Waals surface area contributed by atoms with E-state index in [1.54, 1.807) is 42.5 Å². The first kappa shape index (κ1) is 19.8. The molecule has 0 saturated carbocycles. The Morgan fingerprint density at radius 2 is 1.86 bits per heavy atom. The molecule has 0 aliphatic carbocycles. The Balaban J connectivity index is 2.15. The molecule has 0 saturated heterocycles. The number of oxazole rings is 1. The third kappa shape index (κ3) is 4.31. The number of primary sulfonamides is 1. The van der Waals surface area contributed by atoms with Crippen LogP contribution in [-0.4, -0.2) is 24.6 Å². The van der Waals surface area contributed by atoms with Crippen molar-refractivity contribution in [2.75, 3.05) is 0 Å². The van der Waals surface area contributed by atoms with E-state index in [1.165, 1.54) is 11.5 Å². The molecule has 0 aliphatic heterocycles. The zero-order valence-electron chi connectivity index (χ0n) is 14.2. The molecule has 1 aromatic heterocycles. The van der Waals surface area contributed by atoms with Gasteiger partial charge in [0, 0.05) is 16.1 Å². The summed E-state index contributed by atoms with van der Waals surface area (Å²) in [6.07, 6.45) is 0. The molecule has 28 heavy (non-hydrogen) atoms. The summed E-state index contributed by atoms with van der Waals surface area (Å²) in [5.74, 6) is 0.363. The van der Waals surface area contributed by atoms with E-state index in [1.807, 2.05) is 0 Å². The minimum Gasteiger partial charge on any atom is -0.438 e. The van der Waals surface area contributed by atoms with Gasteiger partial charge in [-0.1, -0.05) is 29.8 Å². The summed E-state index contributed by atoms with van der Waals surface area (Å²) in [6, 6.07) is 11.9. The highest BCUT2D eigenvalue weighted by Crippen LogP contribution is 2.36. The predicted molar refractivity (Wildman–Crippen MR) is 101 cm³/mol. The molecule has 0 atom stereocenters. The van der Waals surface area contributed by atoms with Crippen molar-refractivity contribution in [3.63, 3.8) is 0 Å². The first-order valence-corrected chi connectivity index (χ1v) is 9.78. The average molecular weight is 423 g/mol. The van der Waals surface area contributed by atoms with Crippen molar-refractivity contribution in [2.24, 2.45) is 5.14 Å². The highest BCUT2D eigenvalue weighted by atomic mass is 35.5. The molecule has 1 heterocycles. The van der Waals surface area contributed by atoms with Crippen molar-refractivity contribution in [1.82, 2.24) is 15.8 Å². The first-order chi connectivity index (χ1) is 13.3. The quantitative estimate of drug-likeness (QED) is 0.366. The Bertz CT molecular complexity index is 1110. The monoisotopic (exact) mass is 422 g/mol. The number of hydroxylamine groups is 1. The van der Waals surface area contributed by atoms with Gasteiger partial charge in [0.05, 0.1) is 11.4 Å². The van der Waals surface area contributed by atoms with Crippen molar-refractivity contribution >= 4 is 27.7 Å². The molecule has 11 heteroatoms. The number of nitrogens with zero attached hydrogens (tertiary/aromatic N) is 1. The number of hydrogen-bond acceptors (Lipinski definition) is 6. The summed E-state index contributed by atoms with van der Waals surface area (Å²) >= 11 is 5.93. The van der Waals surface area contributed by atoms with Gasteiger partial charge in [0.25, 0.3) is 0 Å². The Hall–Kier alpha value is -2.92. The number of hydrogen-bond donors (Lipinski definition) is 4. The van der Waals surface area contributed by atoms with Gasteiger partial charge in [-0.2, -0.15) is 0 Å². The van der Waals surface area contributed by atoms with Crippen LogP contribution in [0.4, 0.5) is 4.79 Å². The van der Waals surface area contributed by atoms with Crippen molar-refractivity contribution in [1.29, 1.82) is 0 Å². The van der Waals surface area contributed by atoms with E-state index in [0.29, 0.717) is 10.6 Å². The molecule has 9 nitrogen and oxygen atoms in total. The highest BCUT2D eigenvalue weighted by Gasteiger charge is 2.23. The van der Waals surface area contributed by atoms with Crippen LogP contribution in [0.15, 0.2) is 57.8 Å². The first-order valence-electron chi connectivity index (χ1n) is 7.85. The SMILES string of the molecule is NS(=O)(=O)c1ccccc1-c1nc(CNC(=O)NO)oc1-c1ccc(Cl)cc1. The third-order valence-electron chi connectivity index (χ3n) is 3.73. The van der Waals surface area contributed by atoms with E-state index < -0.39 is 16.1 Å². The number of nitrogens with two attached hydrogens (primary N) is 1. The third-order valence-corrected chi connectivity index (χ3v) is 4.95. The van der Waals surface area contributed by atoms with Crippen LogP contribution in [0.2, 0.25) is 5.02 Å². The van der Waals surface area contributed by atoms with Gasteiger partial charge in [-0.25, -0.2) is 28.8 Å². The smallest absolute Gasteiger partial charge is 0.338 e. The fraction of sp³-hybridized carbons (Fsp3) is 0.0588. The summed E-state index contributed by atoms with van der Waals surface area (Å²) < 4.78 is 29.7. The lowest BCUT2D eigenvalue weighted by molar-refractivity contribution is 0.161. The van der Waals surface area contributed by atoms with E-state index in [2.05, 4.69) is 10.3 Å². The Kier molecular flexibility index (Phi) is 5.66. The summed E-state index contributed by atoms with van der Waals surface area (Å²) in [4.78, 5) is 15.4. The molecular formula is C17H15ClN4O5S. The van der Waals surface area contributed by atoms with Crippen molar-refractivity contribution in [3.05, 3.63) is 59.4 Å². The lowest BCUT2D eigenvalue weighted by atomic mass is 10.1. The number of carbonyl (C=O) groups is 1. The number of nitrogens with one attached hydrogen (secondary N) is 2. The standard InChI is InChI=1S/C17H15ClN4O5S/c18-11-7-5-10(6-8-11)16-15(21-14(27-16)9-20-17(23)22-24)12-3-1-2-4-13(12)28(19,25)26/h1-8,24H,9H2,(H2,19,25,26)(H2,20,22,23). The lowest BCUT2D eigenvalue weighted by Crippen LogP contribution is -2.32. The summed E-state index contributed by atoms with van der Waals surface area (Å²) in [5.41, 5.74) is 2.49. The van der Waals surface area contributed by atoms with Crippen LogP contribution >= 0.6 is 11.6 Å². The maximum absolute atomic E-state index is 12.0. The van der Waals surface area contributed by atoms with Gasteiger partial charge in [-0.05, 0) is 30.3 Å². The zero-order chi connectivity index (χ0) is 20.3. The van der Waals surface area contributed by atoms with Gasteiger partial charge < -0.3 is 9.73 Å². The fourth-order valence-electron chi connectivity index (χ4n) is 2.53. The maximum Gasteiger partial charge on any atom is 0.338 e. The molecule has 0 radical (unpaired) electrons. The molecule has 0 fully saturated rings. The number of urea groups is 1. The number of carbonyl (C=O) groups excluding carboxylic acids is 1. The van der Waals surface area contributed by atoms with Crippen molar-refractivity contribution < 1.29 is 22.8 Å². The van der Waals surface area contributed by atoms with Crippen LogP contribution in [0.5, 0.6) is 0 Å². The second kappa shape index (κ2) is 7.98. The number of halogens is 1. The molecule has 5 N–H and O–H groups in total. The maximum atomic E-state index is 12.0. The number of amides is 2. The van der Waals surface area contributed by atoms with Crippen LogP contribution in [0.1, 0.15) is 5.89 Å². The highest BCUT2D eigenvalue weighted by molar-refractivity contribution is 7.89. The largest absolute Gasteiger partial charge is 0.438 e. The minimum absolute atomic E-state index is 0.0905. The van der Waals surface area contributed by atoms with Crippen LogP contribution in [0, 0.1) is 0 Å². The summed E-state index contributed by atoms with van der Waals surface area (Å²) in [5, 5.41) is 16.7. The van der Waals surface area contributed by atoms with Gasteiger partial charge in [-0.15, -0.1) is 0 Å². The van der Waals surface area contributed by atoms with Crippen LogP contribution in [-0.2, 0) is 16.6 Å². The second-order valence-corrected chi connectivity index (χ2v) is 7.59. The fourth-order valence-corrected chi connectivity index (χ4v) is 3.39. The van der Waals surface area contributed by atoms with Gasteiger partial charge in [0.15, 0.2) is 5.76 Å². The van der Waals surface area contributed by atoms with Crippen molar-refractivity contribution in [2.45, 2.75) is 11.4 Å². The average Bonchev–Trinajstić information content (AvgIpc) is 3.10. The van der Waals surface area contributed by atoms with Gasteiger partial charge in [0.1, 0.15) is 5.69 Å². The zero-order valence-corrected chi connectivity index (χ0v) is 15.8. The van der Waals surface area contributed by atoms with E-state index >= 15 is 0 Å². The molecule has 0 aliphatic rings. The summed E-state index contributed by atoms with van der Waals surface area (Å²) in [6.45, 7) is -0.148. The molecule has 0 unspecified atom stereocenters. The molecule has 2 amide bonds. The van der Waals surface area contributed by atoms with E-state index in [4.69, 9.17) is 26.4 Å². The lowest BCUT2D eigenvalue weighted by Gasteiger charge is -2.07. The topological polar surface area (TPSA) is 148 Å². The van der Waals surface area contributed by atoms with Gasteiger partial charge >= 0.3 is 6.03 Å². The Morgan fingerprint density at radius 1 is 1.18 bits per heavy atom. The number of aromatic nitrogens is 1. The summed E-state index contributed by atoms with van der Waals surface area (Å²) in [7, 11) is -4.02. The number of rotatable bonds is 5. The van der Waals surface area contributed by atoms with Crippen molar-refractivity contribution in [3.8, 4) is 22.6 Å². The molecule has 3 rings (SSSR count). The second-order valence-electron chi connectivity index (χ2n) is 5.63. The van der Waals surface area contributed by atoms with E-state index in [9.17, 15) is 13.2 Å². The molecule has 2 aromatic carbocycles. The molecular weight excluding hydrogens is 408 g/mol. The Labute approximate surface area is 165 Å². The van der Waals surface area contributed by atoms with E-state index in [0.717, 1.165) is 0 Å². The van der Waals surface area contributed by atoms with Gasteiger partial charge in [0.2, 0.25) is 15.9 Å². The van der Waals surface area contributed by atoms with Crippen LogP contribution in [0.25, 0.3) is 22.6 Å². The number of sulfonamides is 1.